The molecule has 0 fully saturated rings. The lowest BCUT2D eigenvalue weighted by Gasteiger charge is -2.33. The van der Waals surface area contributed by atoms with Gasteiger partial charge in [-0.05, 0) is 36.1 Å². The molecule has 3 rings (SSSR count). The highest BCUT2D eigenvalue weighted by molar-refractivity contribution is 7.92. The number of carboxylic acids is 1. The van der Waals surface area contributed by atoms with Gasteiger partial charge in [0.25, 0.3) is 0 Å². The number of aromatic nitrogens is 2. The van der Waals surface area contributed by atoms with Crippen LogP contribution in [-0.2, 0) is 21.2 Å². The Kier molecular flexibility index (Phi) is 7.06. The summed E-state index contributed by atoms with van der Waals surface area (Å²) in [5.41, 5.74) is 2.75. The van der Waals surface area contributed by atoms with E-state index < -0.39 is 46.4 Å². The molecule has 0 saturated heterocycles. The zero-order chi connectivity index (χ0) is 24.7. The van der Waals surface area contributed by atoms with E-state index in [0.717, 1.165) is 10.6 Å². The molecule has 3 N–H and O–H groups in total. The first-order valence-corrected chi connectivity index (χ1v) is 12.4. The van der Waals surface area contributed by atoms with Gasteiger partial charge in [-0.25, -0.2) is 27.1 Å². The summed E-state index contributed by atoms with van der Waals surface area (Å²) in [7, 11) is -2.27. The number of aliphatic hydroxyl groups excluding tert-OH is 2. The van der Waals surface area contributed by atoms with Crippen LogP contribution in [0.3, 0.4) is 0 Å². The van der Waals surface area contributed by atoms with Crippen LogP contribution in [0.4, 0.5) is 10.3 Å². The van der Waals surface area contributed by atoms with Gasteiger partial charge in [-0.1, -0.05) is 13.8 Å². The van der Waals surface area contributed by atoms with Gasteiger partial charge in [0.1, 0.15) is 5.82 Å². The molecule has 0 spiro atoms. The van der Waals surface area contributed by atoms with Crippen LogP contribution in [0.5, 0.6) is 0 Å². The van der Waals surface area contributed by atoms with Crippen molar-refractivity contribution in [3.63, 3.8) is 0 Å². The minimum Gasteiger partial charge on any atom is -0.481 e. The van der Waals surface area contributed by atoms with E-state index in [-0.39, 0.29) is 24.7 Å². The number of hydrogen-bond acceptors (Lipinski definition) is 7. The highest BCUT2D eigenvalue weighted by Gasteiger charge is 2.35. The lowest BCUT2D eigenvalue weighted by atomic mass is 9.75. The predicted octanol–water partition coefficient (Wildman–Crippen LogP) is 2.03. The van der Waals surface area contributed by atoms with E-state index >= 15 is 0 Å². The van der Waals surface area contributed by atoms with Crippen LogP contribution in [0.1, 0.15) is 55.3 Å². The fourth-order valence-corrected chi connectivity index (χ4v) is 4.52. The van der Waals surface area contributed by atoms with Crippen molar-refractivity contribution in [1.29, 1.82) is 0 Å². The van der Waals surface area contributed by atoms with E-state index in [1.54, 1.807) is 0 Å². The van der Waals surface area contributed by atoms with Gasteiger partial charge >= 0.3 is 5.97 Å². The van der Waals surface area contributed by atoms with Crippen LogP contribution in [0.2, 0.25) is 0 Å². The second kappa shape index (κ2) is 9.32. The number of fused-ring (bicyclic) bond motifs is 3. The Morgan fingerprint density at radius 2 is 1.94 bits per heavy atom. The number of benzene rings is 1. The maximum Gasteiger partial charge on any atom is 0.305 e. The Labute approximate surface area is 192 Å². The largest absolute Gasteiger partial charge is 0.481 e. The van der Waals surface area contributed by atoms with Crippen LogP contribution >= 0.6 is 0 Å². The fraction of sp³-hybridized carbons (Fsp3) is 0.500. The van der Waals surface area contributed by atoms with E-state index in [1.165, 1.54) is 25.2 Å². The summed E-state index contributed by atoms with van der Waals surface area (Å²) < 4.78 is 39.3. The standard InChI is InChI=1S/C22H28FN3O6S/c1-11(2)20-17-10-16(18(28)8-13(27)9-19(29)30)15-7-12(23)5-6-14(15)21(17)25-22(24-20)26(3)33(4,31)32/h5-7,11,13,16,18,27-28H,8-10H2,1-4H3,(H,29,30)/t13-,16+,18-/m0/s1. The van der Waals surface area contributed by atoms with E-state index in [9.17, 15) is 27.8 Å². The van der Waals surface area contributed by atoms with Crippen molar-refractivity contribution in [2.24, 2.45) is 0 Å². The smallest absolute Gasteiger partial charge is 0.305 e. The van der Waals surface area contributed by atoms with Gasteiger partial charge in [0, 0.05) is 30.5 Å². The highest BCUT2D eigenvalue weighted by Crippen LogP contribution is 2.44. The average Bonchev–Trinajstić information content (AvgIpc) is 2.69. The Hall–Kier alpha value is -2.63. The third-order valence-electron chi connectivity index (χ3n) is 5.83. The predicted molar refractivity (Wildman–Crippen MR) is 120 cm³/mol. The zero-order valence-electron chi connectivity index (χ0n) is 18.9. The van der Waals surface area contributed by atoms with E-state index in [1.807, 2.05) is 13.8 Å². The number of halogens is 1. The summed E-state index contributed by atoms with van der Waals surface area (Å²) >= 11 is 0. The van der Waals surface area contributed by atoms with Crippen LogP contribution in [0.25, 0.3) is 11.3 Å². The Morgan fingerprint density at radius 1 is 1.27 bits per heavy atom. The van der Waals surface area contributed by atoms with E-state index in [2.05, 4.69) is 9.97 Å². The SMILES string of the molecule is CC(C)c1nc(N(C)S(C)(=O)=O)nc2c1C[C@@H]([C@@H](O)C[C@H](O)CC(=O)O)c1cc(F)ccc1-2. The van der Waals surface area contributed by atoms with Crippen LogP contribution in [0.15, 0.2) is 18.2 Å². The first kappa shape index (κ1) is 25.0. The third-order valence-corrected chi connectivity index (χ3v) is 6.99. The molecule has 180 valence electrons. The monoisotopic (exact) mass is 481 g/mol. The summed E-state index contributed by atoms with van der Waals surface area (Å²) in [6.07, 6.45) is -1.85. The quantitative estimate of drug-likeness (QED) is 0.520. The lowest BCUT2D eigenvalue weighted by molar-refractivity contribution is -0.139. The molecule has 9 nitrogen and oxygen atoms in total. The van der Waals surface area contributed by atoms with Crippen molar-refractivity contribution in [3.05, 3.63) is 40.8 Å². The molecule has 0 amide bonds. The summed E-state index contributed by atoms with van der Waals surface area (Å²) in [6.45, 7) is 3.80. The molecule has 11 heteroatoms. The first-order valence-electron chi connectivity index (χ1n) is 10.5. The number of carboxylic acid groups (broad SMARTS) is 1. The number of nitrogens with zero attached hydrogens (tertiary/aromatic N) is 3. The number of sulfonamides is 1. The fourth-order valence-electron chi connectivity index (χ4n) is 4.14. The van der Waals surface area contributed by atoms with Gasteiger partial charge in [-0.2, -0.15) is 0 Å². The van der Waals surface area contributed by atoms with E-state index in [0.29, 0.717) is 28.1 Å². The molecule has 1 heterocycles. The summed E-state index contributed by atoms with van der Waals surface area (Å²) in [4.78, 5) is 19.9. The highest BCUT2D eigenvalue weighted by atomic mass is 32.2. The van der Waals surface area contributed by atoms with Crippen molar-refractivity contribution >= 4 is 21.9 Å². The van der Waals surface area contributed by atoms with Crippen LogP contribution in [0, 0.1) is 5.82 Å². The van der Waals surface area contributed by atoms with Gasteiger partial charge in [0.2, 0.25) is 16.0 Å². The lowest BCUT2D eigenvalue weighted by Crippen LogP contribution is -2.31. The normalized spacial score (nSPS) is 17.3. The van der Waals surface area contributed by atoms with Gasteiger partial charge in [0.15, 0.2) is 0 Å². The summed E-state index contributed by atoms with van der Waals surface area (Å²) in [5, 5.41) is 29.8. The molecule has 1 aliphatic carbocycles. The number of anilines is 1. The van der Waals surface area contributed by atoms with Crippen molar-refractivity contribution in [2.45, 2.75) is 57.2 Å². The summed E-state index contributed by atoms with van der Waals surface area (Å²) in [5.74, 6) is -2.46. The first-order chi connectivity index (χ1) is 15.3. The second-order valence-electron chi connectivity index (χ2n) is 8.72. The van der Waals surface area contributed by atoms with Crippen molar-refractivity contribution in [2.75, 3.05) is 17.6 Å². The molecule has 2 aromatic rings. The van der Waals surface area contributed by atoms with Gasteiger partial charge in [-0.15, -0.1) is 0 Å². The molecule has 0 bridgehead atoms. The molecule has 1 aromatic carbocycles. The molecule has 0 aliphatic heterocycles. The average molecular weight is 482 g/mol. The molecule has 1 aliphatic rings. The number of aliphatic hydroxyl groups is 2. The zero-order valence-corrected chi connectivity index (χ0v) is 19.7. The molecule has 0 saturated carbocycles. The van der Waals surface area contributed by atoms with Crippen molar-refractivity contribution < 1.29 is 32.9 Å². The van der Waals surface area contributed by atoms with Crippen molar-refractivity contribution in [1.82, 2.24) is 9.97 Å². The second-order valence-corrected chi connectivity index (χ2v) is 10.7. The number of carbonyl (C=O) groups is 1. The van der Waals surface area contributed by atoms with Gasteiger partial charge in [-0.3, -0.25) is 4.79 Å². The molecule has 33 heavy (non-hydrogen) atoms. The number of rotatable bonds is 8. The van der Waals surface area contributed by atoms with Crippen LogP contribution in [-0.4, -0.2) is 65.2 Å². The third kappa shape index (κ3) is 5.31. The maximum absolute atomic E-state index is 14.2. The molecule has 1 aromatic heterocycles. The Balaban J connectivity index is 2.15. The topological polar surface area (TPSA) is 141 Å². The Bertz CT molecular complexity index is 1170. The number of aliphatic carboxylic acids is 1. The van der Waals surface area contributed by atoms with Gasteiger partial charge in [0.05, 0.1) is 36.3 Å². The maximum atomic E-state index is 14.2. The minimum absolute atomic E-state index is 0.00824. The molecule has 0 unspecified atom stereocenters. The van der Waals surface area contributed by atoms with Gasteiger partial charge < -0.3 is 15.3 Å². The minimum atomic E-state index is -3.62. The molecular weight excluding hydrogens is 453 g/mol. The van der Waals surface area contributed by atoms with Crippen molar-refractivity contribution in [3.8, 4) is 11.3 Å². The molecule has 0 radical (unpaired) electrons. The van der Waals surface area contributed by atoms with E-state index in [4.69, 9.17) is 5.11 Å². The number of hydrogen-bond donors (Lipinski definition) is 3. The summed E-state index contributed by atoms with van der Waals surface area (Å²) in [6, 6.07) is 4.07. The molecule has 3 atom stereocenters. The van der Waals surface area contributed by atoms with Crippen LogP contribution < -0.4 is 4.31 Å². The molecular formula is C22H28FN3O6S. The Morgan fingerprint density at radius 3 is 2.52 bits per heavy atom.